The number of hydrogen-bond donors (Lipinski definition) is 2. The van der Waals surface area contributed by atoms with Gasteiger partial charge in [0.25, 0.3) is 0 Å². The molecule has 2 heterocycles. The minimum atomic E-state index is -0.931. The number of aromatic hydroxyl groups is 1. The van der Waals surface area contributed by atoms with Crippen molar-refractivity contribution in [1.82, 2.24) is 9.55 Å². The number of hydrogen-bond acceptors (Lipinski definition) is 5. The summed E-state index contributed by atoms with van der Waals surface area (Å²) in [7, 11) is 1.45. The zero-order valence-electron chi connectivity index (χ0n) is 13.3. The summed E-state index contributed by atoms with van der Waals surface area (Å²) in [5.74, 6) is -0.654. The van der Waals surface area contributed by atoms with E-state index >= 15 is 0 Å². The molecule has 1 aromatic heterocycles. The summed E-state index contributed by atoms with van der Waals surface area (Å²) in [4.78, 5) is 16.9. The van der Waals surface area contributed by atoms with E-state index in [2.05, 4.69) is 16.4 Å². The summed E-state index contributed by atoms with van der Waals surface area (Å²) in [5.41, 5.74) is 2.22. The van der Waals surface area contributed by atoms with Crippen LogP contribution in [0, 0.1) is 17.2 Å². The smallest absolute Gasteiger partial charge is 0.246 e. The first kappa shape index (κ1) is 15.0. The lowest BCUT2D eigenvalue weighted by molar-refractivity contribution is -0.119. The topological polar surface area (TPSA) is 100 Å². The number of nitrogens with zero attached hydrogens (tertiary/aromatic N) is 3. The highest BCUT2D eigenvalue weighted by atomic mass is 16.5. The average molecular weight is 334 g/mol. The number of nitriles is 1. The van der Waals surface area contributed by atoms with Crippen LogP contribution in [-0.2, 0) is 4.79 Å². The molecule has 1 aliphatic heterocycles. The number of phenolic OH excluding ortho intramolecular Hbond substituents is 1. The molecule has 124 valence electrons. The molecule has 0 unspecified atom stereocenters. The molecule has 1 amide bonds. The Morgan fingerprint density at radius 2 is 2.12 bits per heavy atom. The van der Waals surface area contributed by atoms with Gasteiger partial charge in [-0.3, -0.25) is 10.1 Å². The molecule has 3 aromatic rings. The van der Waals surface area contributed by atoms with Crippen molar-refractivity contribution in [2.45, 2.75) is 6.04 Å². The quantitative estimate of drug-likeness (QED) is 0.750. The fraction of sp³-hybridized carbons (Fsp3) is 0.167. The molecule has 0 spiro atoms. The third-order valence-corrected chi connectivity index (χ3v) is 4.39. The van der Waals surface area contributed by atoms with Gasteiger partial charge in [-0.05, 0) is 29.8 Å². The van der Waals surface area contributed by atoms with Gasteiger partial charge >= 0.3 is 0 Å². The predicted octanol–water partition coefficient (Wildman–Crippen LogP) is 2.43. The molecule has 0 aliphatic carbocycles. The summed E-state index contributed by atoms with van der Waals surface area (Å²) in [6, 6.07) is 13.8. The van der Waals surface area contributed by atoms with E-state index in [0.29, 0.717) is 11.5 Å². The third-order valence-electron chi connectivity index (χ3n) is 4.39. The van der Waals surface area contributed by atoms with Gasteiger partial charge in [0.15, 0.2) is 17.4 Å². The summed E-state index contributed by atoms with van der Waals surface area (Å²) in [6.45, 7) is 0. The average Bonchev–Trinajstić information content (AvgIpc) is 2.98. The number of imidazole rings is 1. The molecule has 0 fully saturated rings. The van der Waals surface area contributed by atoms with E-state index in [9.17, 15) is 15.2 Å². The summed E-state index contributed by atoms with van der Waals surface area (Å²) in [6.07, 6.45) is 0. The van der Waals surface area contributed by atoms with Crippen LogP contribution >= 0.6 is 0 Å². The standard InChI is InChI=1S/C18H14N4O3/c1-25-15-8-10(6-7-14(15)23)16-11(9-19)17(24)21-18-20-12-4-2-3-5-13(12)22(16)18/h2-8,11,16,23H,1H3,(H,20,21,24)/t11-,16+/m0/s1. The molecule has 7 heteroatoms. The Hall–Kier alpha value is -3.53. The zero-order chi connectivity index (χ0) is 17.6. The number of ether oxygens (including phenoxy) is 1. The molecule has 1 aliphatic rings. The summed E-state index contributed by atoms with van der Waals surface area (Å²) in [5, 5.41) is 22.1. The molecule has 0 radical (unpaired) electrons. The second kappa shape index (κ2) is 5.53. The maximum Gasteiger partial charge on any atom is 0.246 e. The monoisotopic (exact) mass is 334 g/mol. The summed E-state index contributed by atoms with van der Waals surface area (Å²) < 4.78 is 7.01. The first-order valence-corrected chi connectivity index (χ1v) is 7.68. The Labute approximate surface area is 143 Å². The largest absolute Gasteiger partial charge is 0.504 e. The molecule has 0 saturated carbocycles. The van der Waals surface area contributed by atoms with Gasteiger partial charge in [-0.1, -0.05) is 18.2 Å². The van der Waals surface area contributed by atoms with Crippen LogP contribution in [0.1, 0.15) is 11.6 Å². The van der Waals surface area contributed by atoms with Crippen LogP contribution in [0.2, 0.25) is 0 Å². The van der Waals surface area contributed by atoms with Crippen LogP contribution in [-0.4, -0.2) is 27.7 Å². The van der Waals surface area contributed by atoms with Gasteiger partial charge in [0.1, 0.15) is 0 Å². The minimum absolute atomic E-state index is 0.00395. The first-order valence-electron chi connectivity index (χ1n) is 7.68. The number of fused-ring (bicyclic) bond motifs is 3. The lowest BCUT2D eigenvalue weighted by atomic mass is 9.91. The van der Waals surface area contributed by atoms with Gasteiger partial charge < -0.3 is 14.4 Å². The van der Waals surface area contributed by atoms with Crippen LogP contribution in [0.25, 0.3) is 11.0 Å². The molecule has 0 saturated heterocycles. The molecule has 2 atom stereocenters. The number of amides is 1. The molecule has 4 rings (SSSR count). The fourth-order valence-electron chi connectivity index (χ4n) is 3.24. The Morgan fingerprint density at radius 3 is 2.88 bits per heavy atom. The molecule has 2 aromatic carbocycles. The minimum Gasteiger partial charge on any atom is -0.504 e. The Kier molecular flexibility index (Phi) is 3.32. The number of aromatic nitrogens is 2. The van der Waals surface area contributed by atoms with Crippen LogP contribution < -0.4 is 10.1 Å². The SMILES string of the molecule is COc1cc([C@@H]2[C@H](C#N)C(=O)Nc3nc4ccccc4n32)ccc1O. The van der Waals surface area contributed by atoms with Crippen molar-refractivity contribution in [3.8, 4) is 17.6 Å². The Morgan fingerprint density at radius 1 is 1.32 bits per heavy atom. The van der Waals surface area contributed by atoms with Crippen molar-refractivity contribution in [2.24, 2.45) is 5.92 Å². The van der Waals surface area contributed by atoms with Gasteiger partial charge in [-0.25, -0.2) is 4.98 Å². The fourth-order valence-corrected chi connectivity index (χ4v) is 3.24. The number of methoxy groups -OCH3 is 1. The Bertz CT molecular complexity index is 1030. The molecule has 2 N–H and O–H groups in total. The van der Waals surface area contributed by atoms with E-state index in [1.807, 2.05) is 28.8 Å². The lowest BCUT2D eigenvalue weighted by Gasteiger charge is -2.30. The third kappa shape index (κ3) is 2.19. The molecule has 0 bridgehead atoms. The maximum atomic E-state index is 12.4. The number of nitrogens with one attached hydrogen (secondary N) is 1. The Balaban J connectivity index is 1.99. The summed E-state index contributed by atoms with van der Waals surface area (Å²) >= 11 is 0. The first-order chi connectivity index (χ1) is 12.1. The number of anilines is 1. The van der Waals surface area contributed by atoms with Crippen molar-refractivity contribution in [1.29, 1.82) is 5.26 Å². The van der Waals surface area contributed by atoms with E-state index in [1.165, 1.54) is 13.2 Å². The van der Waals surface area contributed by atoms with Crippen LogP contribution in [0.3, 0.4) is 0 Å². The van der Waals surface area contributed by atoms with Crippen molar-refractivity contribution in [2.75, 3.05) is 12.4 Å². The maximum absolute atomic E-state index is 12.4. The van der Waals surface area contributed by atoms with Crippen molar-refractivity contribution in [3.05, 3.63) is 48.0 Å². The van der Waals surface area contributed by atoms with Crippen LogP contribution in [0.5, 0.6) is 11.5 Å². The number of benzene rings is 2. The van der Waals surface area contributed by atoms with Crippen LogP contribution in [0.15, 0.2) is 42.5 Å². The van der Waals surface area contributed by atoms with E-state index in [-0.39, 0.29) is 11.5 Å². The highest BCUT2D eigenvalue weighted by molar-refractivity contribution is 5.97. The van der Waals surface area contributed by atoms with Gasteiger partial charge in [-0.15, -0.1) is 0 Å². The van der Waals surface area contributed by atoms with Crippen molar-refractivity contribution < 1.29 is 14.6 Å². The second-order valence-electron chi connectivity index (χ2n) is 5.77. The van der Waals surface area contributed by atoms with Gasteiger partial charge in [0, 0.05) is 0 Å². The highest BCUT2D eigenvalue weighted by Crippen LogP contribution is 2.40. The molecule has 7 nitrogen and oxygen atoms in total. The second-order valence-corrected chi connectivity index (χ2v) is 5.77. The number of rotatable bonds is 2. The van der Waals surface area contributed by atoms with E-state index in [1.54, 1.807) is 12.1 Å². The van der Waals surface area contributed by atoms with E-state index in [4.69, 9.17) is 4.74 Å². The van der Waals surface area contributed by atoms with E-state index in [0.717, 1.165) is 11.0 Å². The van der Waals surface area contributed by atoms with Gasteiger partial charge in [0.2, 0.25) is 11.9 Å². The molecule has 25 heavy (non-hydrogen) atoms. The highest BCUT2D eigenvalue weighted by Gasteiger charge is 2.39. The van der Waals surface area contributed by atoms with Crippen molar-refractivity contribution >= 4 is 22.9 Å². The number of carbonyl (C=O) groups is 1. The van der Waals surface area contributed by atoms with Gasteiger partial charge in [-0.2, -0.15) is 5.26 Å². The normalized spacial score (nSPS) is 19.1. The van der Waals surface area contributed by atoms with E-state index < -0.39 is 17.9 Å². The number of phenols is 1. The molecular formula is C18H14N4O3. The van der Waals surface area contributed by atoms with Crippen LogP contribution in [0.4, 0.5) is 5.95 Å². The number of para-hydroxylation sites is 2. The zero-order valence-corrected chi connectivity index (χ0v) is 13.3. The predicted molar refractivity (Wildman–Crippen MR) is 90.3 cm³/mol. The lowest BCUT2D eigenvalue weighted by Crippen LogP contribution is -2.37. The van der Waals surface area contributed by atoms with Crippen molar-refractivity contribution in [3.63, 3.8) is 0 Å². The molecular weight excluding hydrogens is 320 g/mol. The number of carbonyl (C=O) groups excluding carboxylic acids is 1. The van der Waals surface area contributed by atoms with Gasteiger partial charge in [0.05, 0.1) is 30.3 Å².